The van der Waals surface area contributed by atoms with Gasteiger partial charge in [0.25, 0.3) is 0 Å². The van der Waals surface area contributed by atoms with Crippen LogP contribution in [-0.4, -0.2) is 38.3 Å². The summed E-state index contributed by atoms with van der Waals surface area (Å²) in [5.41, 5.74) is 2.55. The fourth-order valence-electron chi connectivity index (χ4n) is 2.86. The SMILES string of the molecule is CCCNCc1cnc(N2CCC(COC)C2)c(C)c1. The quantitative estimate of drug-likeness (QED) is 0.776. The van der Waals surface area contributed by atoms with Crippen LogP contribution in [0, 0.1) is 12.8 Å². The van der Waals surface area contributed by atoms with E-state index in [-0.39, 0.29) is 0 Å². The lowest BCUT2D eigenvalue weighted by molar-refractivity contribution is 0.161. The zero-order valence-electron chi connectivity index (χ0n) is 13.0. The van der Waals surface area contributed by atoms with Gasteiger partial charge in [-0.05, 0) is 43.5 Å². The maximum atomic E-state index is 5.26. The van der Waals surface area contributed by atoms with Crippen LogP contribution in [0.5, 0.6) is 0 Å². The third kappa shape index (κ3) is 3.93. The highest BCUT2D eigenvalue weighted by molar-refractivity contribution is 5.48. The highest BCUT2D eigenvalue weighted by atomic mass is 16.5. The van der Waals surface area contributed by atoms with Crippen LogP contribution in [0.3, 0.4) is 0 Å². The number of nitrogens with one attached hydrogen (secondary N) is 1. The topological polar surface area (TPSA) is 37.4 Å². The normalized spacial score (nSPS) is 18.8. The van der Waals surface area contributed by atoms with E-state index in [4.69, 9.17) is 4.74 Å². The summed E-state index contributed by atoms with van der Waals surface area (Å²) in [7, 11) is 1.78. The number of pyridine rings is 1. The molecule has 1 saturated heterocycles. The van der Waals surface area contributed by atoms with Crippen LogP contribution in [0.2, 0.25) is 0 Å². The summed E-state index contributed by atoms with van der Waals surface area (Å²) < 4.78 is 5.26. The van der Waals surface area contributed by atoms with E-state index in [1.807, 2.05) is 6.20 Å². The Morgan fingerprint density at radius 3 is 3.05 bits per heavy atom. The van der Waals surface area contributed by atoms with Crippen LogP contribution in [0.1, 0.15) is 30.9 Å². The molecule has 1 aromatic rings. The van der Waals surface area contributed by atoms with Crippen molar-refractivity contribution in [3.05, 3.63) is 23.4 Å². The fraction of sp³-hybridized carbons (Fsp3) is 0.688. The molecular weight excluding hydrogens is 250 g/mol. The Labute approximate surface area is 122 Å². The van der Waals surface area contributed by atoms with Crippen molar-refractivity contribution < 1.29 is 4.74 Å². The second kappa shape index (κ2) is 7.60. The van der Waals surface area contributed by atoms with E-state index >= 15 is 0 Å². The number of nitrogens with zero attached hydrogens (tertiary/aromatic N) is 2. The number of hydrogen-bond acceptors (Lipinski definition) is 4. The number of aromatic nitrogens is 1. The predicted octanol–water partition coefficient (Wildman–Crippen LogP) is 2.36. The summed E-state index contributed by atoms with van der Waals surface area (Å²) in [5, 5.41) is 3.42. The molecular formula is C16H27N3O. The van der Waals surface area contributed by atoms with Gasteiger partial charge in [0.05, 0.1) is 6.61 Å². The molecule has 4 nitrogen and oxygen atoms in total. The molecule has 0 radical (unpaired) electrons. The molecule has 4 heteroatoms. The molecule has 0 saturated carbocycles. The lowest BCUT2D eigenvalue weighted by Gasteiger charge is -2.20. The Morgan fingerprint density at radius 2 is 2.35 bits per heavy atom. The second-order valence-corrected chi connectivity index (χ2v) is 5.72. The molecule has 1 atom stereocenters. The van der Waals surface area contributed by atoms with Crippen molar-refractivity contribution in [3.63, 3.8) is 0 Å². The smallest absolute Gasteiger partial charge is 0.131 e. The monoisotopic (exact) mass is 277 g/mol. The predicted molar refractivity (Wildman–Crippen MR) is 83.2 cm³/mol. The molecule has 1 aliphatic heterocycles. The summed E-state index contributed by atoms with van der Waals surface area (Å²) in [4.78, 5) is 7.07. The second-order valence-electron chi connectivity index (χ2n) is 5.72. The Morgan fingerprint density at radius 1 is 1.50 bits per heavy atom. The molecule has 0 aliphatic carbocycles. The number of ether oxygens (including phenoxy) is 1. The maximum absolute atomic E-state index is 5.26. The van der Waals surface area contributed by atoms with Crippen molar-refractivity contribution >= 4 is 5.82 Å². The first-order valence-corrected chi connectivity index (χ1v) is 7.64. The summed E-state index contributed by atoms with van der Waals surface area (Å²) in [6.07, 6.45) is 4.38. The van der Waals surface area contributed by atoms with Gasteiger partial charge >= 0.3 is 0 Å². The van der Waals surface area contributed by atoms with Gasteiger partial charge in [-0.3, -0.25) is 0 Å². The molecule has 1 aromatic heterocycles. The lowest BCUT2D eigenvalue weighted by atomic mass is 10.1. The molecule has 2 rings (SSSR count). The molecule has 0 amide bonds. The van der Waals surface area contributed by atoms with Gasteiger partial charge in [0, 0.05) is 38.9 Å². The third-order valence-corrected chi connectivity index (χ3v) is 3.85. The van der Waals surface area contributed by atoms with E-state index in [9.17, 15) is 0 Å². The van der Waals surface area contributed by atoms with Gasteiger partial charge in [-0.2, -0.15) is 0 Å². The minimum Gasteiger partial charge on any atom is -0.384 e. The molecule has 1 unspecified atom stereocenters. The van der Waals surface area contributed by atoms with Crippen LogP contribution in [0.25, 0.3) is 0 Å². The van der Waals surface area contributed by atoms with Gasteiger partial charge in [0.15, 0.2) is 0 Å². The van der Waals surface area contributed by atoms with Crippen LogP contribution in [-0.2, 0) is 11.3 Å². The summed E-state index contributed by atoms with van der Waals surface area (Å²) in [6, 6.07) is 2.26. The van der Waals surface area contributed by atoms with Crippen LogP contribution < -0.4 is 10.2 Å². The van der Waals surface area contributed by atoms with Crippen molar-refractivity contribution in [1.29, 1.82) is 0 Å². The van der Waals surface area contributed by atoms with Crippen LogP contribution in [0.4, 0.5) is 5.82 Å². The van der Waals surface area contributed by atoms with E-state index in [2.05, 4.69) is 35.1 Å². The van der Waals surface area contributed by atoms with E-state index in [1.165, 1.54) is 24.0 Å². The average Bonchev–Trinajstić information content (AvgIpc) is 2.88. The summed E-state index contributed by atoms with van der Waals surface area (Å²) in [5.74, 6) is 1.79. The number of methoxy groups -OCH3 is 1. The van der Waals surface area contributed by atoms with Gasteiger partial charge < -0.3 is 15.0 Å². The highest BCUT2D eigenvalue weighted by Gasteiger charge is 2.24. The molecule has 112 valence electrons. The van der Waals surface area contributed by atoms with Crippen molar-refractivity contribution in [2.75, 3.05) is 38.3 Å². The molecule has 20 heavy (non-hydrogen) atoms. The standard InChI is InChI=1S/C16H27N3O/c1-4-6-17-9-15-8-13(2)16(18-10-15)19-7-5-14(11-19)12-20-3/h8,10,14,17H,4-7,9,11-12H2,1-3H3. The fourth-order valence-corrected chi connectivity index (χ4v) is 2.86. The first-order chi connectivity index (χ1) is 9.74. The van der Waals surface area contributed by atoms with Crippen molar-refractivity contribution in [2.45, 2.75) is 33.2 Å². The minimum absolute atomic E-state index is 0.645. The van der Waals surface area contributed by atoms with Crippen LogP contribution >= 0.6 is 0 Å². The molecule has 0 bridgehead atoms. The van der Waals surface area contributed by atoms with Crippen LogP contribution in [0.15, 0.2) is 12.3 Å². The van der Waals surface area contributed by atoms with Crippen molar-refractivity contribution in [2.24, 2.45) is 5.92 Å². The molecule has 1 aliphatic rings. The molecule has 0 spiro atoms. The van der Waals surface area contributed by atoms with Crippen molar-refractivity contribution in [1.82, 2.24) is 10.3 Å². The molecule has 0 aromatic carbocycles. The third-order valence-electron chi connectivity index (χ3n) is 3.85. The number of aryl methyl sites for hydroxylation is 1. The lowest BCUT2D eigenvalue weighted by Crippen LogP contribution is -2.23. The Hall–Kier alpha value is -1.13. The number of anilines is 1. The average molecular weight is 277 g/mol. The van der Waals surface area contributed by atoms with Gasteiger partial charge in [0.2, 0.25) is 0 Å². The zero-order chi connectivity index (χ0) is 14.4. The van der Waals surface area contributed by atoms with E-state index in [0.29, 0.717) is 5.92 Å². The highest BCUT2D eigenvalue weighted by Crippen LogP contribution is 2.25. The van der Waals surface area contributed by atoms with Gasteiger partial charge in [-0.1, -0.05) is 6.92 Å². The Balaban J connectivity index is 1.96. The summed E-state index contributed by atoms with van der Waals surface area (Å²) >= 11 is 0. The van der Waals surface area contributed by atoms with Gasteiger partial charge in [-0.25, -0.2) is 4.98 Å². The number of rotatable bonds is 7. The first kappa shape index (κ1) is 15.3. The largest absolute Gasteiger partial charge is 0.384 e. The van der Waals surface area contributed by atoms with E-state index in [1.54, 1.807) is 7.11 Å². The molecule has 1 N–H and O–H groups in total. The van der Waals surface area contributed by atoms with Gasteiger partial charge in [-0.15, -0.1) is 0 Å². The summed E-state index contributed by atoms with van der Waals surface area (Å²) in [6.45, 7) is 9.33. The van der Waals surface area contributed by atoms with E-state index in [0.717, 1.165) is 38.6 Å². The zero-order valence-corrected chi connectivity index (χ0v) is 13.0. The van der Waals surface area contributed by atoms with Gasteiger partial charge in [0.1, 0.15) is 5.82 Å². The number of hydrogen-bond donors (Lipinski definition) is 1. The van der Waals surface area contributed by atoms with E-state index < -0.39 is 0 Å². The minimum atomic E-state index is 0.645. The molecule has 2 heterocycles. The maximum Gasteiger partial charge on any atom is 0.131 e. The van der Waals surface area contributed by atoms with Crippen molar-refractivity contribution in [3.8, 4) is 0 Å². The first-order valence-electron chi connectivity index (χ1n) is 7.64. The Kier molecular flexibility index (Phi) is 5.80. The Bertz CT molecular complexity index is 422. The molecule has 1 fully saturated rings.